The number of furan rings is 1. The van der Waals surface area contributed by atoms with Crippen molar-refractivity contribution in [3.05, 3.63) is 36.4 Å². The first-order chi connectivity index (χ1) is 12.1. The second kappa shape index (κ2) is 7.42. The van der Waals surface area contributed by atoms with Crippen molar-refractivity contribution < 1.29 is 14.0 Å². The van der Waals surface area contributed by atoms with Crippen molar-refractivity contribution in [1.29, 1.82) is 0 Å². The van der Waals surface area contributed by atoms with E-state index in [0.717, 1.165) is 18.6 Å². The number of likely N-dealkylation sites (N-methyl/N-ethyl adjacent to an activating group) is 1. The third-order valence-electron chi connectivity index (χ3n) is 4.10. The molecule has 0 saturated heterocycles. The molecule has 3 amide bonds. The zero-order valence-electron chi connectivity index (χ0n) is 14.4. The molecule has 2 heterocycles. The quantitative estimate of drug-likeness (QED) is 0.806. The summed E-state index contributed by atoms with van der Waals surface area (Å²) in [6.07, 6.45) is 5.26. The highest BCUT2D eigenvalue weighted by molar-refractivity contribution is 5.89. The van der Waals surface area contributed by atoms with Gasteiger partial charge >= 0.3 is 6.03 Å². The molecule has 0 aliphatic heterocycles. The number of nitrogens with zero attached hydrogens (tertiary/aromatic N) is 3. The van der Waals surface area contributed by atoms with Crippen molar-refractivity contribution >= 4 is 17.8 Å². The van der Waals surface area contributed by atoms with E-state index in [2.05, 4.69) is 15.7 Å². The van der Waals surface area contributed by atoms with Crippen molar-refractivity contribution in [1.82, 2.24) is 20.0 Å². The Bertz CT molecular complexity index is 720. The van der Waals surface area contributed by atoms with Gasteiger partial charge in [0.05, 0.1) is 12.3 Å². The molecule has 8 nitrogen and oxygen atoms in total. The van der Waals surface area contributed by atoms with E-state index in [-0.39, 0.29) is 30.6 Å². The first-order valence-electron chi connectivity index (χ1n) is 8.51. The molecule has 8 heteroatoms. The van der Waals surface area contributed by atoms with Crippen LogP contribution in [-0.4, -0.2) is 39.2 Å². The van der Waals surface area contributed by atoms with Gasteiger partial charge in [-0.15, -0.1) is 0 Å². The average Bonchev–Trinajstić information content (AvgIpc) is 3.08. The van der Waals surface area contributed by atoms with Crippen molar-refractivity contribution in [3.63, 3.8) is 0 Å². The van der Waals surface area contributed by atoms with Crippen LogP contribution in [0.25, 0.3) is 0 Å². The van der Waals surface area contributed by atoms with Gasteiger partial charge in [-0.05, 0) is 38.8 Å². The Morgan fingerprint density at radius 1 is 1.44 bits per heavy atom. The Balaban J connectivity index is 1.64. The van der Waals surface area contributed by atoms with E-state index in [1.165, 1.54) is 4.68 Å². The molecule has 2 aromatic heterocycles. The number of urea groups is 1. The fourth-order valence-electron chi connectivity index (χ4n) is 2.77. The Morgan fingerprint density at radius 3 is 2.88 bits per heavy atom. The molecule has 0 bridgehead atoms. The third kappa shape index (κ3) is 4.20. The number of hydrogen-bond acceptors (Lipinski definition) is 4. The standard InChI is InChI=1S/C17H23N5O3/c1-3-18-16(23)11-21-9-8-15(20-21)19-17(24)22(13-6-7-13)12(2)14-5-4-10-25-14/h4-5,8-10,12-13H,3,6-7,11H2,1-2H3,(H,18,23)(H,19,20,24)/t12-/m0/s1. The molecular weight excluding hydrogens is 322 g/mol. The number of carbonyl (C=O) groups excluding carboxylic acids is 2. The zero-order valence-corrected chi connectivity index (χ0v) is 14.4. The van der Waals surface area contributed by atoms with Crippen LogP contribution in [0, 0.1) is 0 Å². The summed E-state index contributed by atoms with van der Waals surface area (Å²) in [4.78, 5) is 26.1. The minimum Gasteiger partial charge on any atom is -0.467 e. The lowest BCUT2D eigenvalue weighted by Gasteiger charge is -2.27. The van der Waals surface area contributed by atoms with Gasteiger partial charge in [0.15, 0.2) is 5.82 Å². The van der Waals surface area contributed by atoms with E-state index in [9.17, 15) is 9.59 Å². The summed E-state index contributed by atoms with van der Waals surface area (Å²) in [6, 6.07) is 5.22. The summed E-state index contributed by atoms with van der Waals surface area (Å²) in [7, 11) is 0. The zero-order chi connectivity index (χ0) is 17.8. The van der Waals surface area contributed by atoms with Gasteiger partial charge in [-0.2, -0.15) is 5.10 Å². The summed E-state index contributed by atoms with van der Waals surface area (Å²) in [5.74, 6) is 1.06. The highest BCUT2D eigenvalue weighted by Gasteiger charge is 2.37. The van der Waals surface area contributed by atoms with E-state index in [0.29, 0.717) is 12.4 Å². The van der Waals surface area contributed by atoms with Crippen molar-refractivity contribution in [2.24, 2.45) is 0 Å². The van der Waals surface area contributed by atoms with Crippen molar-refractivity contribution in [3.8, 4) is 0 Å². The van der Waals surface area contributed by atoms with E-state index in [1.54, 1.807) is 23.4 Å². The van der Waals surface area contributed by atoms with Gasteiger partial charge in [0.1, 0.15) is 12.3 Å². The molecule has 1 saturated carbocycles. The van der Waals surface area contributed by atoms with Crippen LogP contribution < -0.4 is 10.6 Å². The van der Waals surface area contributed by atoms with Crippen LogP contribution in [0.4, 0.5) is 10.6 Å². The molecule has 134 valence electrons. The number of nitrogens with one attached hydrogen (secondary N) is 2. The van der Waals surface area contributed by atoms with Crippen molar-refractivity contribution in [2.45, 2.75) is 45.3 Å². The van der Waals surface area contributed by atoms with Crippen LogP contribution in [-0.2, 0) is 11.3 Å². The largest absolute Gasteiger partial charge is 0.467 e. The Morgan fingerprint density at radius 2 is 2.24 bits per heavy atom. The summed E-state index contributed by atoms with van der Waals surface area (Å²) in [6.45, 7) is 4.51. The highest BCUT2D eigenvalue weighted by atomic mass is 16.3. The normalized spacial score (nSPS) is 14.8. The number of hydrogen-bond donors (Lipinski definition) is 2. The van der Waals surface area contributed by atoms with Crippen LogP contribution in [0.3, 0.4) is 0 Å². The van der Waals surface area contributed by atoms with Gasteiger partial charge in [0, 0.05) is 24.8 Å². The monoisotopic (exact) mass is 345 g/mol. The van der Waals surface area contributed by atoms with Gasteiger partial charge in [0.25, 0.3) is 0 Å². The van der Waals surface area contributed by atoms with Gasteiger partial charge in [0.2, 0.25) is 5.91 Å². The first kappa shape index (κ1) is 17.1. The lowest BCUT2D eigenvalue weighted by molar-refractivity contribution is -0.121. The summed E-state index contributed by atoms with van der Waals surface area (Å²) in [5, 5.41) is 9.75. The van der Waals surface area contributed by atoms with Crippen LogP contribution in [0.15, 0.2) is 35.1 Å². The summed E-state index contributed by atoms with van der Waals surface area (Å²) >= 11 is 0. The minimum atomic E-state index is -0.213. The van der Waals surface area contributed by atoms with Crippen LogP contribution in [0.1, 0.15) is 38.5 Å². The maximum absolute atomic E-state index is 12.7. The molecule has 2 N–H and O–H groups in total. The predicted molar refractivity (Wildman–Crippen MR) is 91.9 cm³/mol. The van der Waals surface area contributed by atoms with E-state index >= 15 is 0 Å². The minimum absolute atomic E-state index is 0.116. The molecule has 2 aromatic rings. The summed E-state index contributed by atoms with van der Waals surface area (Å²) < 4.78 is 6.94. The molecule has 1 atom stereocenters. The first-order valence-corrected chi connectivity index (χ1v) is 8.51. The predicted octanol–water partition coefficient (Wildman–Crippen LogP) is 2.37. The SMILES string of the molecule is CCNC(=O)Cn1ccc(NC(=O)N(C2CC2)[C@@H](C)c2ccco2)n1. The number of rotatable bonds is 7. The topological polar surface area (TPSA) is 92.4 Å². The number of carbonyl (C=O) groups is 2. The van der Waals surface area contributed by atoms with Gasteiger partial charge < -0.3 is 14.6 Å². The van der Waals surface area contributed by atoms with Gasteiger partial charge in [-0.1, -0.05) is 0 Å². The lowest BCUT2D eigenvalue weighted by Crippen LogP contribution is -2.38. The molecule has 1 aliphatic rings. The smallest absolute Gasteiger partial charge is 0.323 e. The second-order valence-electron chi connectivity index (χ2n) is 6.11. The summed E-state index contributed by atoms with van der Waals surface area (Å²) in [5.41, 5.74) is 0. The van der Waals surface area contributed by atoms with Crippen molar-refractivity contribution in [2.75, 3.05) is 11.9 Å². The molecule has 3 rings (SSSR count). The molecule has 1 aliphatic carbocycles. The van der Waals surface area contributed by atoms with Gasteiger partial charge in [-0.3, -0.25) is 14.8 Å². The van der Waals surface area contributed by atoms with Crippen LogP contribution in [0.2, 0.25) is 0 Å². The fourth-order valence-corrected chi connectivity index (χ4v) is 2.77. The maximum atomic E-state index is 12.7. The molecule has 0 radical (unpaired) electrons. The van der Waals surface area contributed by atoms with E-state index in [1.807, 2.05) is 26.0 Å². The van der Waals surface area contributed by atoms with Crippen LogP contribution in [0.5, 0.6) is 0 Å². The third-order valence-corrected chi connectivity index (χ3v) is 4.10. The molecular formula is C17H23N5O3. The Hall–Kier alpha value is -2.77. The molecule has 0 aromatic carbocycles. The van der Waals surface area contributed by atoms with E-state index < -0.39 is 0 Å². The Kier molecular flexibility index (Phi) is 5.06. The lowest BCUT2D eigenvalue weighted by atomic mass is 10.2. The highest BCUT2D eigenvalue weighted by Crippen LogP contribution is 2.34. The van der Waals surface area contributed by atoms with E-state index in [4.69, 9.17) is 4.42 Å². The van der Waals surface area contributed by atoms with Crippen LogP contribution >= 0.6 is 0 Å². The molecule has 25 heavy (non-hydrogen) atoms. The number of anilines is 1. The molecule has 0 unspecified atom stereocenters. The van der Waals surface area contributed by atoms with Gasteiger partial charge in [-0.25, -0.2) is 4.79 Å². The number of aromatic nitrogens is 2. The fraction of sp³-hybridized carbons (Fsp3) is 0.471. The number of amides is 3. The molecule has 0 spiro atoms. The molecule has 1 fully saturated rings. The second-order valence-corrected chi connectivity index (χ2v) is 6.11. The average molecular weight is 345 g/mol. The maximum Gasteiger partial charge on any atom is 0.323 e. The Labute approximate surface area is 146 Å².